The zero-order valence-corrected chi connectivity index (χ0v) is 16.9. The van der Waals surface area contributed by atoms with Crippen LogP contribution in [0.3, 0.4) is 0 Å². The highest BCUT2D eigenvalue weighted by molar-refractivity contribution is 5.94. The molecule has 160 valence electrons. The predicted molar refractivity (Wildman–Crippen MR) is 118 cm³/mol. The topological polar surface area (TPSA) is 90.1 Å². The summed E-state index contributed by atoms with van der Waals surface area (Å²) in [6, 6.07) is 23.0. The number of non-ortho nitro benzene ring substituents is 1. The number of benzene rings is 3. The third-order valence-electron chi connectivity index (χ3n) is 4.91. The van der Waals surface area contributed by atoms with Gasteiger partial charge in [-0.1, -0.05) is 36.4 Å². The number of nitrogens with one attached hydrogen (secondary N) is 1. The summed E-state index contributed by atoms with van der Waals surface area (Å²) in [6.07, 6.45) is 0.655. The first-order chi connectivity index (χ1) is 15.5. The largest absolute Gasteiger partial charge is 0.350 e. The number of hydrogen-bond acceptors (Lipinski definition) is 4. The number of aromatic nitrogens is 2. The Balaban J connectivity index is 1.66. The van der Waals surface area contributed by atoms with Crippen LogP contribution in [0.15, 0.2) is 84.9 Å². The molecule has 0 aliphatic rings. The van der Waals surface area contributed by atoms with E-state index in [-0.39, 0.29) is 23.1 Å². The molecule has 1 N–H and O–H groups in total. The van der Waals surface area contributed by atoms with Crippen molar-refractivity contribution in [3.05, 3.63) is 112 Å². The van der Waals surface area contributed by atoms with E-state index in [1.165, 1.54) is 35.0 Å². The van der Waals surface area contributed by atoms with E-state index in [0.29, 0.717) is 29.9 Å². The minimum Gasteiger partial charge on any atom is -0.350 e. The van der Waals surface area contributed by atoms with E-state index < -0.39 is 4.92 Å². The molecule has 4 aromatic rings. The molecule has 0 bridgehead atoms. The molecule has 8 heteroatoms. The zero-order chi connectivity index (χ0) is 22.5. The van der Waals surface area contributed by atoms with E-state index >= 15 is 0 Å². The van der Waals surface area contributed by atoms with Crippen LogP contribution in [0, 0.1) is 15.9 Å². The molecule has 0 saturated heterocycles. The average Bonchev–Trinajstić information content (AvgIpc) is 3.26. The molecule has 32 heavy (non-hydrogen) atoms. The molecular formula is C24H19FN4O3. The van der Waals surface area contributed by atoms with Crippen molar-refractivity contribution in [1.29, 1.82) is 0 Å². The molecule has 0 saturated carbocycles. The Morgan fingerprint density at radius 1 is 1.00 bits per heavy atom. The first-order valence-electron chi connectivity index (χ1n) is 9.94. The van der Waals surface area contributed by atoms with Crippen molar-refractivity contribution >= 4 is 11.6 Å². The van der Waals surface area contributed by atoms with Gasteiger partial charge < -0.3 is 5.32 Å². The Morgan fingerprint density at radius 3 is 2.47 bits per heavy atom. The van der Waals surface area contributed by atoms with E-state index in [1.54, 1.807) is 24.3 Å². The molecule has 0 unspecified atom stereocenters. The fourth-order valence-electron chi connectivity index (χ4n) is 3.30. The van der Waals surface area contributed by atoms with Gasteiger partial charge in [-0.05, 0) is 48.4 Å². The second kappa shape index (κ2) is 9.22. The summed E-state index contributed by atoms with van der Waals surface area (Å²) >= 11 is 0. The second-order valence-electron chi connectivity index (χ2n) is 7.10. The van der Waals surface area contributed by atoms with Crippen LogP contribution >= 0.6 is 0 Å². The summed E-state index contributed by atoms with van der Waals surface area (Å²) in [5.74, 6) is -0.751. The predicted octanol–water partition coefficient (Wildman–Crippen LogP) is 4.56. The van der Waals surface area contributed by atoms with Crippen molar-refractivity contribution in [3.63, 3.8) is 0 Å². The van der Waals surface area contributed by atoms with Crippen LogP contribution in [0.4, 0.5) is 10.1 Å². The molecule has 0 aliphatic heterocycles. The molecule has 1 amide bonds. The van der Waals surface area contributed by atoms with Gasteiger partial charge in [-0.3, -0.25) is 14.9 Å². The van der Waals surface area contributed by atoms with E-state index in [2.05, 4.69) is 10.4 Å². The van der Waals surface area contributed by atoms with Crippen LogP contribution in [0.5, 0.6) is 0 Å². The first kappa shape index (κ1) is 20.9. The highest BCUT2D eigenvalue weighted by atomic mass is 19.1. The fourth-order valence-corrected chi connectivity index (χ4v) is 3.30. The molecule has 3 aromatic carbocycles. The summed E-state index contributed by atoms with van der Waals surface area (Å²) in [5.41, 5.74) is 2.64. The number of nitrogens with zero attached hydrogens (tertiary/aromatic N) is 3. The Hall–Kier alpha value is -4.33. The molecule has 0 radical (unpaired) electrons. The van der Waals surface area contributed by atoms with Crippen molar-refractivity contribution in [2.24, 2.45) is 0 Å². The monoisotopic (exact) mass is 430 g/mol. The number of nitro benzene ring substituents is 1. The Kier molecular flexibility index (Phi) is 6.03. The maximum Gasteiger partial charge on any atom is 0.271 e. The van der Waals surface area contributed by atoms with Gasteiger partial charge in [0.1, 0.15) is 11.5 Å². The normalized spacial score (nSPS) is 10.7. The van der Waals surface area contributed by atoms with Crippen LogP contribution in [0.25, 0.3) is 16.9 Å². The molecule has 7 nitrogen and oxygen atoms in total. The smallest absolute Gasteiger partial charge is 0.271 e. The van der Waals surface area contributed by atoms with Gasteiger partial charge in [-0.25, -0.2) is 9.07 Å². The standard InChI is InChI=1S/C24H19FN4O3/c25-19-11-9-18(10-12-19)22-16-23(24(30)26-14-13-17-5-2-1-3-6-17)28(27-22)20-7-4-8-21(15-20)29(31)32/h1-12,15-16H,13-14H2,(H,26,30). The number of halogens is 1. The van der Waals surface area contributed by atoms with Gasteiger partial charge in [0.05, 0.1) is 16.3 Å². The Morgan fingerprint density at radius 2 is 1.75 bits per heavy atom. The number of amides is 1. The van der Waals surface area contributed by atoms with Crippen molar-refractivity contribution in [3.8, 4) is 16.9 Å². The van der Waals surface area contributed by atoms with Gasteiger partial charge in [0.15, 0.2) is 0 Å². The number of carbonyl (C=O) groups is 1. The maximum absolute atomic E-state index is 13.3. The lowest BCUT2D eigenvalue weighted by atomic mass is 10.1. The summed E-state index contributed by atoms with van der Waals surface area (Å²) in [4.78, 5) is 23.7. The highest BCUT2D eigenvalue weighted by Gasteiger charge is 2.19. The van der Waals surface area contributed by atoms with Gasteiger partial charge >= 0.3 is 0 Å². The van der Waals surface area contributed by atoms with Crippen molar-refractivity contribution in [2.75, 3.05) is 6.54 Å². The SMILES string of the molecule is O=C(NCCc1ccccc1)c1cc(-c2ccc(F)cc2)nn1-c1cccc([N+](=O)[O-])c1. The molecule has 1 heterocycles. The van der Waals surface area contributed by atoms with E-state index in [0.717, 1.165) is 5.56 Å². The van der Waals surface area contributed by atoms with E-state index in [1.807, 2.05) is 30.3 Å². The maximum atomic E-state index is 13.3. The minimum atomic E-state index is -0.506. The molecular weight excluding hydrogens is 411 g/mol. The quantitative estimate of drug-likeness (QED) is 0.344. The van der Waals surface area contributed by atoms with Crippen molar-refractivity contribution in [1.82, 2.24) is 15.1 Å². The van der Waals surface area contributed by atoms with Crippen LogP contribution in [-0.2, 0) is 6.42 Å². The number of nitro groups is 1. The van der Waals surface area contributed by atoms with Gasteiger partial charge in [0, 0.05) is 24.2 Å². The summed E-state index contributed by atoms with van der Waals surface area (Å²) in [6.45, 7) is 0.412. The van der Waals surface area contributed by atoms with Crippen molar-refractivity contribution in [2.45, 2.75) is 6.42 Å². The number of hydrogen-bond donors (Lipinski definition) is 1. The first-order valence-corrected chi connectivity index (χ1v) is 9.94. The van der Waals surface area contributed by atoms with Crippen LogP contribution in [0.1, 0.15) is 16.1 Å². The molecule has 0 fully saturated rings. The zero-order valence-electron chi connectivity index (χ0n) is 16.9. The van der Waals surface area contributed by atoms with E-state index in [9.17, 15) is 19.3 Å². The lowest BCUT2D eigenvalue weighted by Gasteiger charge is -2.08. The lowest BCUT2D eigenvalue weighted by Crippen LogP contribution is -2.27. The van der Waals surface area contributed by atoms with Crippen molar-refractivity contribution < 1.29 is 14.1 Å². The Labute approximate surface area is 183 Å². The summed E-state index contributed by atoms with van der Waals surface area (Å²) in [7, 11) is 0. The average molecular weight is 430 g/mol. The van der Waals surface area contributed by atoms with Crippen LogP contribution in [0.2, 0.25) is 0 Å². The van der Waals surface area contributed by atoms with Gasteiger partial charge in [0.25, 0.3) is 11.6 Å². The third-order valence-corrected chi connectivity index (χ3v) is 4.91. The van der Waals surface area contributed by atoms with E-state index in [4.69, 9.17) is 0 Å². The molecule has 1 aromatic heterocycles. The minimum absolute atomic E-state index is 0.114. The number of carbonyl (C=O) groups excluding carboxylic acids is 1. The van der Waals surface area contributed by atoms with Gasteiger partial charge in [0.2, 0.25) is 0 Å². The molecule has 0 aliphatic carbocycles. The molecule has 0 atom stereocenters. The molecule has 0 spiro atoms. The Bertz CT molecular complexity index is 1250. The highest BCUT2D eigenvalue weighted by Crippen LogP contribution is 2.24. The summed E-state index contributed by atoms with van der Waals surface area (Å²) in [5, 5.41) is 18.6. The van der Waals surface area contributed by atoms with Crippen LogP contribution in [-0.4, -0.2) is 27.2 Å². The lowest BCUT2D eigenvalue weighted by molar-refractivity contribution is -0.384. The third kappa shape index (κ3) is 4.70. The number of rotatable bonds is 7. The second-order valence-corrected chi connectivity index (χ2v) is 7.10. The summed E-state index contributed by atoms with van der Waals surface area (Å²) < 4.78 is 14.7. The molecule has 4 rings (SSSR count). The van der Waals surface area contributed by atoms with Crippen LogP contribution < -0.4 is 5.32 Å². The van der Waals surface area contributed by atoms with Gasteiger partial charge in [-0.2, -0.15) is 5.10 Å². The fraction of sp³-hybridized carbons (Fsp3) is 0.0833. The van der Waals surface area contributed by atoms with Gasteiger partial charge in [-0.15, -0.1) is 0 Å².